The van der Waals surface area contributed by atoms with E-state index in [9.17, 15) is 30.0 Å². The topological polar surface area (TPSA) is 163 Å². The summed E-state index contributed by atoms with van der Waals surface area (Å²) in [6.45, 7) is 1.09. The minimum absolute atomic E-state index is 0.148. The van der Waals surface area contributed by atoms with E-state index >= 15 is 0 Å². The normalized spacial score (nSPS) is 22.7. The van der Waals surface area contributed by atoms with Crippen LogP contribution in [0.5, 0.6) is 5.75 Å². The zero-order chi connectivity index (χ0) is 28.4. The van der Waals surface area contributed by atoms with Crippen molar-refractivity contribution in [1.29, 1.82) is 0 Å². The lowest BCUT2D eigenvalue weighted by molar-refractivity contribution is -0.277. The maximum atomic E-state index is 13.2. The number of nitrogens with zero attached hydrogens (tertiary/aromatic N) is 2. The molecule has 5 rings (SSSR count). The van der Waals surface area contributed by atoms with Gasteiger partial charge in [-0.25, -0.2) is 0 Å². The Balaban J connectivity index is 1.36. The fourth-order valence-corrected chi connectivity index (χ4v) is 4.63. The van der Waals surface area contributed by atoms with Gasteiger partial charge in [0.1, 0.15) is 36.7 Å². The molecule has 0 unspecified atom stereocenters. The van der Waals surface area contributed by atoms with E-state index in [1.807, 2.05) is 18.2 Å². The number of carbonyl (C=O) groups is 1. The molecule has 1 aliphatic rings. The van der Waals surface area contributed by atoms with Crippen LogP contribution in [0.15, 0.2) is 78.0 Å². The fourth-order valence-electron chi connectivity index (χ4n) is 4.63. The minimum Gasteiger partial charge on any atom is -0.462 e. The number of nitrogens with one attached hydrogen (secondary N) is 1. The molecule has 1 saturated heterocycles. The number of aromatic nitrogens is 2. The molecule has 1 aliphatic heterocycles. The number of rotatable bonds is 7. The largest absolute Gasteiger partial charge is 0.462 e. The molecule has 1 amide bonds. The molecule has 11 heteroatoms. The van der Waals surface area contributed by atoms with Gasteiger partial charge in [-0.2, -0.15) is 0 Å². The number of fused-ring (bicyclic) bond motifs is 1. The van der Waals surface area contributed by atoms with Crippen molar-refractivity contribution in [1.82, 2.24) is 9.55 Å². The van der Waals surface area contributed by atoms with Crippen LogP contribution in [0, 0.1) is 6.92 Å². The van der Waals surface area contributed by atoms with Crippen molar-refractivity contribution >= 4 is 22.4 Å². The number of anilines is 1. The van der Waals surface area contributed by atoms with Crippen molar-refractivity contribution in [2.24, 2.45) is 0 Å². The van der Waals surface area contributed by atoms with Crippen molar-refractivity contribution in [2.45, 2.75) is 44.2 Å². The molecule has 2 aromatic carbocycles. The highest BCUT2D eigenvalue weighted by atomic mass is 16.7. The first-order valence-corrected chi connectivity index (χ1v) is 12.7. The molecule has 2 aromatic heterocycles. The van der Waals surface area contributed by atoms with Gasteiger partial charge in [0.15, 0.2) is 0 Å². The van der Waals surface area contributed by atoms with Crippen molar-refractivity contribution in [2.75, 3.05) is 11.9 Å². The van der Waals surface area contributed by atoms with Gasteiger partial charge in [0.05, 0.1) is 6.61 Å². The predicted octanol–water partition coefficient (Wildman–Crippen LogP) is 1.19. The highest BCUT2D eigenvalue weighted by Crippen LogP contribution is 2.30. The summed E-state index contributed by atoms with van der Waals surface area (Å²) in [6.07, 6.45) is -2.20. The molecule has 5 N–H and O–H groups in total. The quantitative estimate of drug-likeness (QED) is 0.229. The third-order valence-electron chi connectivity index (χ3n) is 6.86. The Morgan fingerprint density at radius 3 is 2.45 bits per heavy atom. The van der Waals surface area contributed by atoms with E-state index in [2.05, 4.69) is 10.3 Å². The first kappa shape index (κ1) is 27.4. The molecule has 0 aliphatic carbocycles. The number of aryl methyl sites for hydroxylation is 1. The van der Waals surface area contributed by atoms with Crippen LogP contribution in [0.3, 0.4) is 0 Å². The second kappa shape index (κ2) is 11.5. The van der Waals surface area contributed by atoms with Crippen molar-refractivity contribution in [3.8, 4) is 16.9 Å². The Morgan fingerprint density at radius 1 is 1.00 bits per heavy atom. The first-order valence-electron chi connectivity index (χ1n) is 12.7. The number of pyridine rings is 2. The lowest BCUT2D eigenvalue weighted by Gasteiger charge is -2.39. The number of hydrogen-bond donors (Lipinski definition) is 5. The molecule has 1 fully saturated rings. The van der Waals surface area contributed by atoms with Gasteiger partial charge in [-0.05, 0) is 65.4 Å². The van der Waals surface area contributed by atoms with Crippen LogP contribution in [0.4, 0.5) is 5.69 Å². The average molecular weight is 548 g/mol. The molecule has 3 heterocycles. The Labute approximate surface area is 228 Å². The number of amides is 1. The van der Waals surface area contributed by atoms with Gasteiger partial charge >= 0.3 is 0 Å². The molecular weight excluding hydrogens is 518 g/mol. The van der Waals surface area contributed by atoms with Crippen LogP contribution in [0.25, 0.3) is 21.9 Å². The number of hydrogen-bond acceptors (Lipinski definition) is 9. The third kappa shape index (κ3) is 5.60. The van der Waals surface area contributed by atoms with E-state index < -0.39 is 37.3 Å². The molecule has 11 nitrogen and oxygen atoms in total. The maximum absolute atomic E-state index is 13.2. The van der Waals surface area contributed by atoms with Crippen LogP contribution < -0.4 is 15.6 Å². The summed E-state index contributed by atoms with van der Waals surface area (Å²) in [6, 6.07) is 15.9. The highest BCUT2D eigenvalue weighted by Gasteiger charge is 2.44. The number of ether oxygens (including phenoxy) is 2. The summed E-state index contributed by atoms with van der Waals surface area (Å²) in [5.41, 5.74) is 2.54. The zero-order valence-corrected chi connectivity index (χ0v) is 21.5. The molecule has 5 atom stereocenters. The number of aliphatic hydroxyl groups is 4. The van der Waals surface area contributed by atoms with Crippen molar-refractivity contribution in [3.63, 3.8) is 0 Å². The summed E-state index contributed by atoms with van der Waals surface area (Å²) in [4.78, 5) is 29.6. The molecule has 4 aromatic rings. The van der Waals surface area contributed by atoms with Gasteiger partial charge < -0.3 is 39.8 Å². The standard InChI is InChI=1S/C29H29N3O8/c1-16-12-18(4-5-22(16)39-29-27(37)26(36)25(35)23(15-33)40-29)19-3-2-17-8-11-32(28(38)21(17)13-19)14-24(34)31-20-6-9-30-10-7-20/h2-13,23,25-27,29,33,35-37H,14-15H2,1H3,(H,30,31,34)/t23-,25-,26+,27+,29+/m1/s1. The Kier molecular flexibility index (Phi) is 7.92. The fraction of sp³-hybridized carbons (Fsp3) is 0.276. The monoisotopic (exact) mass is 547 g/mol. The lowest BCUT2D eigenvalue weighted by atomic mass is 9.99. The van der Waals surface area contributed by atoms with E-state index in [0.29, 0.717) is 22.4 Å². The Morgan fingerprint density at radius 2 is 1.73 bits per heavy atom. The van der Waals surface area contributed by atoms with Crippen LogP contribution >= 0.6 is 0 Å². The van der Waals surface area contributed by atoms with Gasteiger partial charge in [-0.15, -0.1) is 0 Å². The van der Waals surface area contributed by atoms with Gasteiger partial charge in [-0.1, -0.05) is 18.2 Å². The summed E-state index contributed by atoms with van der Waals surface area (Å²) >= 11 is 0. The smallest absolute Gasteiger partial charge is 0.258 e. The van der Waals surface area contributed by atoms with E-state index in [-0.39, 0.29) is 18.0 Å². The first-order chi connectivity index (χ1) is 19.2. The minimum atomic E-state index is -1.54. The molecule has 0 radical (unpaired) electrons. The summed E-state index contributed by atoms with van der Waals surface area (Å²) in [5, 5.41) is 43.6. The maximum Gasteiger partial charge on any atom is 0.258 e. The molecule has 208 valence electrons. The molecule has 0 bridgehead atoms. The van der Waals surface area contributed by atoms with E-state index in [4.69, 9.17) is 9.47 Å². The Hall–Kier alpha value is -4.13. The Bertz CT molecular complexity index is 1570. The predicted molar refractivity (Wildman–Crippen MR) is 146 cm³/mol. The molecule has 0 spiro atoms. The van der Waals surface area contributed by atoms with Crippen LogP contribution in [-0.4, -0.2) is 73.2 Å². The summed E-state index contributed by atoms with van der Waals surface area (Å²) < 4.78 is 12.6. The second-order valence-corrected chi connectivity index (χ2v) is 9.63. The van der Waals surface area contributed by atoms with Crippen LogP contribution in [0.1, 0.15) is 5.56 Å². The van der Waals surface area contributed by atoms with Crippen molar-refractivity contribution in [3.05, 3.63) is 89.1 Å². The lowest BCUT2D eigenvalue weighted by Crippen LogP contribution is -2.60. The van der Waals surface area contributed by atoms with Gasteiger partial charge in [0.25, 0.3) is 5.56 Å². The van der Waals surface area contributed by atoms with Gasteiger partial charge in [0, 0.05) is 29.7 Å². The SMILES string of the molecule is Cc1cc(-c2ccc3ccn(CC(=O)Nc4ccncc4)c(=O)c3c2)ccc1O[C@H]1O[C@H](CO)[C@@H](O)[C@H](O)[C@@H]1O. The number of aliphatic hydroxyl groups excluding tert-OH is 4. The van der Waals surface area contributed by atoms with Gasteiger partial charge in [-0.3, -0.25) is 14.6 Å². The third-order valence-corrected chi connectivity index (χ3v) is 6.86. The van der Waals surface area contributed by atoms with Crippen LogP contribution in [-0.2, 0) is 16.1 Å². The van der Waals surface area contributed by atoms with Gasteiger partial charge in [0.2, 0.25) is 12.2 Å². The molecular formula is C29H29N3O8. The molecule has 0 saturated carbocycles. The number of carbonyl (C=O) groups excluding carboxylic acids is 1. The second-order valence-electron chi connectivity index (χ2n) is 9.63. The summed E-state index contributed by atoms with van der Waals surface area (Å²) in [5.74, 6) is 0.0332. The number of benzene rings is 2. The van der Waals surface area contributed by atoms with E-state index in [1.165, 1.54) is 4.57 Å². The van der Waals surface area contributed by atoms with Crippen LogP contribution in [0.2, 0.25) is 0 Å². The van der Waals surface area contributed by atoms with E-state index in [0.717, 1.165) is 16.5 Å². The molecule has 40 heavy (non-hydrogen) atoms. The average Bonchev–Trinajstić information content (AvgIpc) is 2.96. The van der Waals surface area contributed by atoms with E-state index in [1.54, 1.807) is 61.9 Å². The highest BCUT2D eigenvalue weighted by molar-refractivity contribution is 5.91. The zero-order valence-electron chi connectivity index (χ0n) is 21.5. The summed E-state index contributed by atoms with van der Waals surface area (Å²) in [7, 11) is 0. The van der Waals surface area contributed by atoms with Crippen molar-refractivity contribution < 1.29 is 34.7 Å².